The van der Waals surface area contributed by atoms with Crippen LogP contribution >= 0.6 is 0 Å². The molecule has 0 saturated carbocycles. The Kier molecular flexibility index (Phi) is 5.07. The normalized spacial score (nSPS) is 15.8. The molecule has 0 spiro atoms. The third-order valence-electron chi connectivity index (χ3n) is 5.86. The predicted molar refractivity (Wildman–Crippen MR) is 123 cm³/mol. The Morgan fingerprint density at radius 2 is 1.97 bits per heavy atom. The minimum atomic E-state index is -0.0269. The number of hydrogen-bond acceptors (Lipinski definition) is 5. The highest BCUT2D eigenvalue weighted by Gasteiger charge is 2.29. The highest BCUT2D eigenvalue weighted by atomic mass is 16.5. The van der Waals surface area contributed by atoms with E-state index in [1.54, 1.807) is 12.4 Å². The second-order valence-corrected chi connectivity index (χ2v) is 7.78. The van der Waals surface area contributed by atoms with Gasteiger partial charge >= 0.3 is 0 Å². The lowest BCUT2D eigenvalue weighted by atomic mass is 9.99. The molecule has 1 unspecified atom stereocenters. The average Bonchev–Trinajstić information content (AvgIpc) is 3.46. The fraction of sp³-hybridized carbons (Fsp3) is 0.160. The van der Waals surface area contributed by atoms with Crippen LogP contribution in [0.15, 0.2) is 79.6 Å². The van der Waals surface area contributed by atoms with Crippen molar-refractivity contribution < 1.29 is 9.53 Å². The molecular formula is C25H23N5O2. The van der Waals surface area contributed by atoms with E-state index in [0.717, 1.165) is 29.7 Å². The van der Waals surface area contributed by atoms with E-state index < -0.39 is 0 Å². The lowest BCUT2D eigenvalue weighted by Gasteiger charge is -2.14. The number of ether oxygens (including phenoxy) is 1. The maximum atomic E-state index is 12.1. The fourth-order valence-electron chi connectivity index (χ4n) is 4.31. The van der Waals surface area contributed by atoms with Crippen LogP contribution in [0.5, 0.6) is 11.6 Å². The summed E-state index contributed by atoms with van der Waals surface area (Å²) in [5.74, 6) is 1.88. The zero-order valence-electron chi connectivity index (χ0n) is 17.5. The van der Waals surface area contributed by atoms with Gasteiger partial charge in [-0.3, -0.25) is 9.20 Å². The number of carbonyl (C=O) groups excluding carboxylic acids is 1. The molecule has 5 rings (SSSR count). The van der Waals surface area contributed by atoms with Crippen LogP contribution in [0.2, 0.25) is 0 Å². The molecule has 1 atom stereocenters. The minimum absolute atomic E-state index is 0.0269. The maximum absolute atomic E-state index is 12.1. The highest BCUT2D eigenvalue weighted by Crippen LogP contribution is 2.37. The molecule has 4 aromatic rings. The Hall–Kier alpha value is -4.13. The number of carbonyl (C=O) groups is 1. The van der Waals surface area contributed by atoms with Gasteiger partial charge in [-0.15, -0.1) is 0 Å². The van der Waals surface area contributed by atoms with Gasteiger partial charge in [0.05, 0.1) is 11.2 Å². The van der Waals surface area contributed by atoms with Crippen LogP contribution in [0.4, 0.5) is 5.95 Å². The van der Waals surface area contributed by atoms with Crippen LogP contribution < -0.4 is 10.5 Å². The summed E-state index contributed by atoms with van der Waals surface area (Å²) in [5.41, 5.74) is 10.4. The van der Waals surface area contributed by atoms with Crippen LogP contribution in [-0.2, 0) is 4.79 Å². The second kappa shape index (κ2) is 8.19. The third-order valence-corrected chi connectivity index (χ3v) is 5.86. The molecule has 0 radical (unpaired) electrons. The number of rotatable bonds is 5. The SMILES string of the molecule is C=CC(=O)N1CCC(c2cc(-c3ccc(Oc4ccccn4)cc3)n3c(N)nccc23)C1. The molecule has 1 saturated heterocycles. The van der Waals surface area contributed by atoms with Gasteiger partial charge in [0, 0.05) is 37.5 Å². The van der Waals surface area contributed by atoms with E-state index >= 15 is 0 Å². The fourth-order valence-corrected chi connectivity index (χ4v) is 4.31. The van der Waals surface area contributed by atoms with Crippen LogP contribution in [0, 0.1) is 0 Å². The number of amides is 1. The number of anilines is 1. The first-order valence-electron chi connectivity index (χ1n) is 10.5. The Morgan fingerprint density at radius 3 is 2.72 bits per heavy atom. The summed E-state index contributed by atoms with van der Waals surface area (Å²) >= 11 is 0. The zero-order chi connectivity index (χ0) is 22.1. The molecule has 32 heavy (non-hydrogen) atoms. The summed E-state index contributed by atoms with van der Waals surface area (Å²) < 4.78 is 7.79. The minimum Gasteiger partial charge on any atom is -0.439 e. The monoisotopic (exact) mass is 425 g/mol. The van der Waals surface area contributed by atoms with Gasteiger partial charge in [0.15, 0.2) is 0 Å². The molecule has 4 heterocycles. The molecule has 0 bridgehead atoms. The maximum Gasteiger partial charge on any atom is 0.245 e. The molecule has 2 N–H and O–H groups in total. The Labute approximate surface area is 185 Å². The van der Waals surface area contributed by atoms with E-state index in [1.165, 1.54) is 11.6 Å². The van der Waals surface area contributed by atoms with Crippen LogP contribution in [-0.4, -0.2) is 38.3 Å². The number of aromatic nitrogens is 3. The van der Waals surface area contributed by atoms with Gasteiger partial charge in [-0.25, -0.2) is 9.97 Å². The molecule has 0 aliphatic carbocycles. The molecule has 3 aromatic heterocycles. The van der Waals surface area contributed by atoms with Gasteiger partial charge in [-0.1, -0.05) is 12.6 Å². The van der Waals surface area contributed by atoms with E-state index in [2.05, 4.69) is 22.6 Å². The van der Waals surface area contributed by atoms with Crippen molar-refractivity contribution in [1.29, 1.82) is 0 Å². The van der Waals surface area contributed by atoms with Crippen molar-refractivity contribution in [2.24, 2.45) is 0 Å². The number of likely N-dealkylation sites (tertiary alicyclic amines) is 1. The third kappa shape index (κ3) is 3.58. The number of pyridine rings is 1. The Morgan fingerprint density at radius 1 is 1.12 bits per heavy atom. The molecule has 7 heteroatoms. The zero-order valence-corrected chi connectivity index (χ0v) is 17.5. The highest BCUT2D eigenvalue weighted by molar-refractivity contribution is 5.87. The predicted octanol–water partition coefficient (Wildman–Crippen LogP) is 4.27. The van der Waals surface area contributed by atoms with Crippen LogP contribution in [0.3, 0.4) is 0 Å². The van der Waals surface area contributed by atoms with E-state index in [-0.39, 0.29) is 11.8 Å². The van der Waals surface area contributed by atoms with E-state index in [0.29, 0.717) is 24.1 Å². The Balaban J connectivity index is 1.49. The molecule has 160 valence electrons. The molecule has 7 nitrogen and oxygen atoms in total. The second-order valence-electron chi connectivity index (χ2n) is 7.78. The number of nitrogens with zero attached hydrogens (tertiary/aromatic N) is 4. The van der Waals surface area contributed by atoms with Gasteiger partial charge in [0.1, 0.15) is 5.75 Å². The number of benzene rings is 1. The number of fused-ring (bicyclic) bond motifs is 1. The molecule has 1 aromatic carbocycles. The van der Waals surface area contributed by atoms with E-state index in [4.69, 9.17) is 10.5 Å². The van der Waals surface area contributed by atoms with Crippen molar-refractivity contribution in [2.45, 2.75) is 12.3 Å². The molecule has 1 aliphatic heterocycles. The first-order chi connectivity index (χ1) is 15.6. The van der Waals surface area contributed by atoms with Gasteiger partial charge in [-0.05, 0) is 66.1 Å². The topological polar surface area (TPSA) is 85.8 Å². The summed E-state index contributed by atoms with van der Waals surface area (Å²) in [4.78, 5) is 22.4. The standard InChI is InChI=1S/C25H23N5O2/c1-2-24(31)29-14-11-18(16-29)20-15-22(30-21(20)10-13-28-25(30)26)17-6-8-19(9-7-17)32-23-5-3-4-12-27-23/h2-10,12-13,15,18H,1,11,14,16H2,(H2,26,28). The lowest BCUT2D eigenvalue weighted by molar-refractivity contribution is -0.125. The van der Waals surface area contributed by atoms with Crippen molar-refractivity contribution in [3.8, 4) is 22.9 Å². The van der Waals surface area contributed by atoms with Gasteiger partial charge < -0.3 is 15.4 Å². The number of nitrogens with two attached hydrogens (primary N) is 1. The summed E-state index contributed by atoms with van der Waals surface area (Å²) in [6, 6.07) is 17.5. The van der Waals surface area contributed by atoms with Crippen molar-refractivity contribution in [1.82, 2.24) is 19.3 Å². The first-order valence-corrected chi connectivity index (χ1v) is 10.5. The van der Waals surface area contributed by atoms with E-state index in [9.17, 15) is 4.79 Å². The van der Waals surface area contributed by atoms with Gasteiger partial charge in [0.25, 0.3) is 0 Å². The van der Waals surface area contributed by atoms with Gasteiger partial charge in [0.2, 0.25) is 17.7 Å². The largest absolute Gasteiger partial charge is 0.439 e. The van der Waals surface area contributed by atoms with Gasteiger partial charge in [-0.2, -0.15) is 0 Å². The van der Waals surface area contributed by atoms with Crippen LogP contribution in [0.1, 0.15) is 17.9 Å². The van der Waals surface area contributed by atoms with Crippen molar-refractivity contribution >= 4 is 17.4 Å². The lowest BCUT2D eigenvalue weighted by Crippen LogP contribution is -2.26. The summed E-state index contributed by atoms with van der Waals surface area (Å²) in [5, 5.41) is 0. The first kappa shape index (κ1) is 19.8. The van der Waals surface area contributed by atoms with Crippen molar-refractivity contribution in [2.75, 3.05) is 18.8 Å². The summed E-state index contributed by atoms with van der Waals surface area (Å²) in [6.07, 6.45) is 5.70. The number of nitrogen functional groups attached to an aromatic ring is 1. The van der Waals surface area contributed by atoms with E-state index in [1.807, 2.05) is 57.8 Å². The number of hydrogen-bond donors (Lipinski definition) is 1. The molecular weight excluding hydrogens is 402 g/mol. The average molecular weight is 425 g/mol. The summed E-state index contributed by atoms with van der Waals surface area (Å²) in [7, 11) is 0. The van der Waals surface area contributed by atoms with Crippen molar-refractivity contribution in [3.63, 3.8) is 0 Å². The summed E-state index contributed by atoms with van der Waals surface area (Å²) in [6.45, 7) is 5.00. The molecule has 1 fully saturated rings. The molecule has 1 aliphatic rings. The quantitative estimate of drug-likeness (QED) is 0.483. The smallest absolute Gasteiger partial charge is 0.245 e. The van der Waals surface area contributed by atoms with Crippen molar-refractivity contribution in [3.05, 3.63) is 85.2 Å². The van der Waals surface area contributed by atoms with Crippen LogP contribution in [0.25, 0.3) is 16.8 Å². The Bertz CT molecular complexity index is 1280. The molecule has 1 amide bonds.